The molecule has 1 N–H and O–H groups in total. The number of methoxy groups -OCH3 is 1. The molecule has 0 aliphatic carbocycles. The number of nitrogens with zero attached hydrogens (tertiary/aromatic N) is 3. The molecule has 2 heterocycles. The lowest BCUT2D eigenvalue weighted by Gasteiger charge is -2.24. The van der Waals surface area contributed by atoms with Crippen molar-refractivity contribution in [3.05, 3.63) is 30.1 Å². The lowest BCUT2D eigenvalue weighted by atomic mass is 10.1. The molecule has 2 aromatic rings. The van der Waals surface area contributed by atoms with Gasteiger partial charge in [-0.3, -0.25) is 0 Å². The van der Waals surface area contributed by atoms with Crippen LogP contribution in [-0.2, 0) is 6.54 Å². The third-order valence-corrected chi connectivity index (χ3v) is 3.55. The van der Waals surface area contributed by atoms with Crippen molar-refractivity contribution in [3.8, 4) is 17.1 Å². The first-order valence-corrected chi connectivity index (χ1v) is 6.64. The molecule has 1 aliphatic rings. The van der Waals surface area contributed by atoms with Gasteiger partial charge in [-0.2, -0.15) is 0 Å². The Hall–Kier alpha value is -1.88. The predicted octanol–water partition coefficient (Wildman–Crippen LogP) is 2.01. The molecule has 0 saturated heterocycles. The molecule has 1 aromatic heterocycles. The van der Waals surface area contributed by atoms with Gasteiger partial charge in [-0.1, -0.05) is 19.1 Å². The molecular weight excluding hydrogens is 240 g/mol. The van der Waals surface area contributed by atoms with Crippen LogP contribution >= 0.6 is 0 Å². The zero-order valence-electron chi connectivity index (χ0n) is 11.3. The third-order valence-electron chi connectivity index (χ3n) is 3.55. The number of aromatic nitrogens is 3. The van der Waals surface area contributed by atoms with Crippen molar-refractivity contribution in [2.45, 2.75) is 25.9 Å². The maximum Gasteiger partial charge on any atom is 0.164 e. The van der Waals surface area contributed by atoms with Crippen molar-refractivity contribution in [1.82, 2.24) is 20.1 Å². The van der Waals surface area contributed by atoms with Gasteiger partial charge in [0.15, 0.2) is 11.6 Å². The zero-order valence-corrected chi connectivity index (χ0v) is 11.3. The monoisotopic (exact) mass is 258 g/mol. The van der Waals surface area contributed by atoms with Crippen LogP contribution in [0.1, 0.15) is 25.2 Å². The van der Waals surface area contributed by atoms with Gasteiger partial charge in [0.25, 0.3) is 0 Å². The van der Waals surface area contributed by atoms with Gasteiger partial charge in [0.05, 0.1) is 13.2 Å². The Morgan fingerprint density at radius 3 is 3.11 bits per heavy atom. The number of nitrogens with one attached hydrogen (secondary N) is 1. The van der Waals surface area contributed by atoms with E-state index in [4.69, 9.17) is 4.74 Å². The van der Waals surface area contributed by atoms with Gasteiger partial charge in [-0.05, 0) is 18.6 Å². The standard InChI is InChI=1S/C14H18N4O/c1-3-12-14-17-16-13(18(14)8-7-15-12)10-5-4-6-11(9-10)19-2/h4-6,9,12,15H,3,7-8H2,1-2H3. The van der Waals surface area contributed by atoms with Crippen LogP contribution < -0.4 is 10.1 Å². The third kappa shape index (κ3) is 2.10. The second-order valence-corrected chi connectivity index (χ2v) is 4.68. The fourth-order valence-electron chi connectivity index (χ4n) is 2.54. The van der Waals surface area contributed by atoms with Gasteiger partial charge in [0, 0.05) is 18.7 Å². The molecule has 1 unspecified atom stereocenters. The molecule has 1 aromatic carbocycles. The van der Waals surface area contributed by atoms with E-state index in [1.54, 1.807) is 7.11 Å². The summed E-state index contributed by atoms with van der Waals surface area (Å²) in [5, 5.41) is 12.2. The summed E-state index contributed by atoms with van der Waals surface area (Å²) >= 11 is 0. The summed E-state index contributed by atoms with van der Waals surface area (Å²) in [5.74, 6) is 2.80. The molecule has 0 saturated carbocycles. The van der Waals surface area contributed by atoms with E-state index in [0.29, 0.717) is 6.04 Å². The van der Waals surface area contributed by atoms with E-state index in [2.05, 4.69) is 27.0 Å². The van der Waals surface area contributed by atoms with Crippen LogP contribution in [-0.4, -0.2) is 28.4 Å². The second kappa shape index (κ2) is 5.01. The minimum atomic E-state index is 0.306. The Labute approximate surface area is 112 Å². The van der Waals surface area contributed by atoms with Gasteiger partial charge in [0.1, 0.15) is 5.75 Å². The molecule has 1 atom stereocenters. The van der Waals surface area contributed by atoms with Crippen LogP contribution in [0.15, 0.2) is 24.3 Å². The summed E-state index contributed by atoms with van der Waals surface area (Å²) in [7, 11) is 1.68. The molecule has 5 heteroatoms. The molecule has 0 radical (unpaired) electrons. The van der Waals surface area contributed by atoms with Gasteiger partial charge in [-0.15, -0.1) is 10.2 Å². The van der Waals surface area contributed by atoms with E-state index in [9.17, 15) is 0 Å². The van der Waals surface area contributed by atoms with Gasteiger partial charge >= 0.3 is 0 Å². The predicted molar refractivity (Wildman–Crippen MR) is 73.0 cm³/mol. The van der Waals surface area contributed by atoms with E-state index in [0.717, 1.165) is 42.5 Å². The first-order valence-electron chi connectivity index (χ1n) is 6.64. The Balaban J connectivity index is 2.04. The average Bonchev–Trinajstić information content (AvgIpc) is 2.91. The normalized spacial score (nSPS) is 18.1. The van der Waals surface area contributed by atoms with Crippen molar-refractivity contribution in [1.29, 1.82) is 0 Å². The zero-order chi connectivity index (χ0) is 13.2. The van der Waals surface area contributed by atoms with Crippen molar-refractivity contribution < 1.29 is 4.74 Å². The molecule has 0 spiro atoms. The summed E-state index contributed by atoms with van der Waals surface area (Å²) in [4.78, 5) is 0. The largest absolute Gasteiger partial charge is 0.497 e. The molecule has 1 aliphatic heterocycles. The smallest absolute Gasteiger partial charge is 0.164 e. The fourth-order valence-corrected chi connectivity index (χ4v) is 2.54. The van der Waals surface area contributed by atoms with Crippen LogP contribution in [0.3, 0.4) is 0 Å². The van der Waals surface area contributed by atoms with Crippen molar-refractivity contribution >= 4 is 0 Å². The minimum absolute atomic E-state index is 0.306. The number of rotatable bonds is 3. The molecule has 100 valence electrons. The molecule has 0 amide bonds. The molecular formula is C14H18N4O. The topological polar surface area (TPSA) is 52.0 Å². The number of fused-ring (bicyclic) bond motifs is 1. The summed E-state index contributed by atoms with van der Waals surface area (Å²) in [5.41, 5.74) is 1.05. The highest BCUT2D eigenvalue weighted by Gasteiger charge is 2.23. The van der Waals surface area contributed by atoms with Crippen LogP contribution in [0, 0.1) is 0 Å². The Kier molecular flexibility index (Phi) is 3.21. The number of ether oxygens (including phenoxy) is 1. The lowest BCUT2D eigenvalue weighted by molar-refractivity contribution is 0.407. The first kappa shape index (κ1) is 12.2. The second-order valence-electron chi connectivity index (χ2n) is 4.68. The highest BCUT2D eigenvalue weighted by atomic mass is 16.5. The number of hydrogen-bond acceptors (Lipinski definition) is 4. The van der Waals surface area contributed by atoms with Crippen LogP contribution in [0.4, 0.5) is 0 Å². The van der Waals surface area contributed by atoms with Crippen LogP contribution in [0.5, 0.6) is 5.75 Å². The SMILES string of the molecule is CCC1NCCn2c(-c3cccc(OC)c3)nnc21. The minimum Gasteiger partial charge on any atom is -0.497 e. The number of hydrogen-bond donors (Lipinski definition) is 1. The maximum atomic E-state index is 5.27. The van der Waals surface area contributed by atoms with E-state index >= 15 is 0 Å². The first-order chi connectivity index (χ1) is 9.33. The summed E-state index contributed by atoms with van der Waals surface area (Å²) in [6.07, 6.45) is 1.02. The van der Waals surface area contributed by atoms with E-state index in [1.807, 2.05) is 24.3 Å². The van der Waals surface area contributed by atoms with Crippen molar-refractivity contribution in [2.75, 3.05) is 13.7 Å². The number of benzene rings is 1. The van der Waals surface area contributed by atoms with Crippen LogP contribution in [0.2, 0.25) is 0 Å². The van der Waals surface area contributed by atoms with Gasteiger partial charge < -0.3 is 14.6 Å². The summed E-state index contributed by atoms with van der Waals surface area (Å²) in [6, 6.07) is 8.27. The van der Waals surface area contributed by atoms with Crippen molar-refractivity contribution in [3.63, 3.8) is 0 Å². The molecule has 5 nitrogen and oxygen atoms in total. The van der Waals surface area contributed by atoms with Gasteiger partial charge in [0.2, 0.25) is 0 Å². The Bertz CT molecular complexity index is 579. The lowest BCUT2D eigenvalue weighted by Crippen LogP contribution is -2.33. The summed E-state index contributed by atoms with van der Waals surface area (Å²) < 4.78 is 7.48. The fraction of sp³-hybridized carbons (Fsp3) is 0.429. The van der Waals surface area contributed by atoms with E-state index < -0.39 is 0 Å². The molecule has 0 bridgehead atoms. The highest BCUT2D eigenvalue weighted by molar-refractivity contribution is 5.58. The Morgan fingerprint density at radius 2 is 2.32 bits per heavy atom. The van der Waals surface area contributed by atoms with E-state index in [1.165, 1.54) is 0 Å². The van der Waals surface area contributed by atoms with Crippen molar-refractivity contribution in [2.24, 2.45) is 0 Å². The highest BCUT2D eigenvalue weighted by Crippen LogP contribution is 2.27. The Morgan fingerprint density at radius 1 is 1.42 bits per heavy atom. The molecule has 3 rings (SSSR count). The van der Waals surface area contributed by atoms with Crippen LogP contribution in [0.25, 0.3) is 11.4 Å². The van der Waals surface area contributed by atoms with E-state index in [-0.39, 0.29) is 0 Å². The average molecular weight is 258 g/mol. The molecule has 0 fully saturated rings. The van der Waals surface area contributed by atoms with Gasteiger partial charge in [-0.25, -0.2) is 0 Å². The quantitative estimate of drug-likeness (QED) is 0.915. The maximum absolute atomic E-state index is 5.27. The molecule has 19 heavy (non-hydrogen) atoms. The summed E-state index contributed by atoms with van der Waals surface area (Å²) in [6.45, 7) is 4.03.